The average molecular weight is 678 g/mol. The highest BCUT2D eigenvalue weighted by Gasteiger charge is 2.44. The van der Waals surface area contributed by atoms with Gasteiger partial charge in [-0.2, -0.15) is 0 Å². The van der Waals surface area contributed by atoms with Crippen LogP contribution in [0.15, 0.2) is 0 Å². The number of nitrogens with one attached hydrogen (secondary N) is 2. The molecule has 14 heteroatoms. The van der Waals surface area contributed by atoms with Crippen LogP contribution in [-0.4, -0.2) is 166 Å². The summed E-state index contributed by atoms with van der Waals surface area (Å²) in [5.41, 5.74) is 0. The highest BCUT2D eigenvalue weighted by molar-refractivity contribution is 6.21. The largest absolute Gasteiger partial charge is 0.394 e. The number of carbonyl (C=O) groups excluding carboxylic acids is 1. The van der Waals surface area contributed by atoms with Crippen molar-refractivity contribution in [3.8, 4) is 0 Å². The van der Waals surface area contributed by atoms with Gasteiger partial charge < -0.3 is 35.2 Å². The number of aliphatic hydroxyl groups excluding tert-OH is 5. The van der Waals surface area contributed by atoms with Crippen molar-refractivity contribution in [1.82, 2.24) is 25.3 Å². The molecule has 1 amide bonds. The van der Waals surface area contributed by atoms with Crippen LogP contribution >= 0.6 is 11.6 Å². The SMILES string of the molecule is O=C(CC1CCC(OCCCC2CCN(C3NCC(Cl)CN3)CC2)CC1F)N1CC2CCC1CN2C[C@H](O)[C@@H](O)[C@H](O)[C@H](O)CO. The monoisotopic (exact) mass is 677 g/mol. The molecule has 0 aromatic carbocycles. The zero-order valence-corrected chi connectivity index (χ0v) is 27.8. The first kappa shape index (κ1) is 36.6. The van der Waals surface area contributed by atoms with Crippen LogP contribution < -0.4 is 10.6 Å². The minimum absolute atomic E-state index is 0.00122. The second-order valence-electron chi connectivity index (χ2n) is 14.4. The number of piperidine rings is 3. The average Bonchev–Trinajstić information content (AvgIpc) is 3.07. The molecule has 0 spiro atoms. The maximum absolute atomic E-state index is 15.3. The van der Waals surface area contributed by atoms with Crippen molar-refractivity contribution in [3.63, 3.8) is 0 Å². The summed E-state index contributed by atoms with van der Waals surface area (Å²) < 4.78 is 21.4. The van der Waals surface area contributed by atoms with Crippen molar-refractivity contribution >= 4 is 17.5 Å². The number of aliphatic hydroxyl groups is 5. The molecule has 0 aromatic rings. The van der Waals surface area contributed by atoms with E-state index in [0.29, 0.717) is 38.5 Å². The lowest BCUT2D eigenvalue weighted by molar-refractivity contribution is -0.148. The predicted octanol–water partition coefficient (Wildman–Crippen LogP) is -0.413. The fourth-order valence-corrected chi connectivity index (χ4v) is 8.40. The van der Waals surface area contributed by atoms with Gasteiger partial charge in [-0.05, 0) is 63.2 Å². The number of hydrogen-bond acceptors (Lipinski definition) is 11. The molecule has 12 nitrogen and oxygen atoms in total. The molecule has 5 heterocycles. The topological polar surface area (TPSA) is 161 Å². The molecule has 7 N–H and O–H groups in total. The van der Waals surface area contributed by atoms with Gasteiger partial charge in [0.05, 0.1) is 24.2 Å². The Morgan fingerprint density at radius 2 is 1.63 bits per heavy atom. The number of nitrogens with zero attached hydrogens (tertiary/aromatic N) is 3. The fourth-order valence-electron chi connectivity index (χ4n) is 8.22. The van der Waals surface area contributed by atoms with Gasteiger partial charge in [-0.1, -0.05) is 0 Å². The summed E-state index contributed by atoms with van der Waals surface area (Å²) in [5, 5.41) is 56.3. The van der Waals surface area contributed by atoms with Crippen LogP contribution in [0.4, 0.5) is 4.39 Å². The maximum Gasteiger partial charge on any atom is 0.223 e. The van der Waals surface area contributed by atoms with Gasteiger partial charge in [0.2, 0.25) is 5.91 Å². The summed E-state index contributed by atoms with van der Waals surface area (Å²) in [4.78, 5) is 19.7. The van der Waals surface area contributed by atoms with Crippen LogP contribution in [0.3, 0.4) is 0 Å². The molecule has 46 heavy (non-hydrogen) atoms. The molecular weight excluding hydrogens is 621 g/mol. The molecule has 0 aromatic heterocycles. The second kappa shape index (κ2) is 17.3. The van der Waals surface area contributed by atoms with E-state index < -0.39 is 37.2 Å². The lowest BCUT2D eigenvalue weighted by Crippen LogP contribution is -2.65. The van der Waals surface area contributed by atoms with Gasteiger partial charge in [-0.15, -0.1) is 11.6 Å². The lowest BCUT2D eigenvalue weighted by Gasteiger charge is -2.52. The van der Waals surface area contributed by atoms with Crippen molar-refractivity contribution in [3.05, 3.63) is 0 Å². The summed E-state index contributed by atoms with van der Waals surface area (Å²) in [7, 11) is 0. The number of carbonyl (C=O) groups is 1. The van der Waals surface area contributed by atoms with Crippen LogP contribution in [0.5, 0.6) is 0 Å². The van der Waals surface area contributed by atoms with E-state index >= 15 is 4.39 Å². The number of piperazine rings is 1. The van der Waals surface area contributed by atoms with E-state index in [1.54, 1.807) is 0 Å². The number of fused-ring (bicyclic) bond motifs is 3. The molecule has 1 aliphatic carbocycles. The summed E-state index contributed by atoms with van der Waals surface area (Å²) in [6.45, 7) is 4.85. The van der Waals surface area contributed by atoms with Crippen LogP contribution in [0.2, 0.25) is 0 Å². The van der Waals surface area contributed by atoms with Gasteiger partial charge >= 0.3 is 0 Å². The van der Waals surface area contributed by atoms with Gasteiger partial charge in [0, 0.05) is 77.3 Å². The normalized spacial score (nSPS) is 36.0. The Balaban J connectivity index is 0.956. The molecular formula is C32H57ClFN5O7. The number of alkyl halides is 2. The van der Waals surface area contributed by atoms with Gasteiger partial charge in [-0.25, -0.2) is 4.39 Å². The Morgan fingerprint density at radius 1 is 0.935 bits per heavy atom. The van der Waals surface area contributed by atoms with Gasteiger partial charge in [0.25, 0.3) is 0 Å². The molecule has 9 atom stereocenters. The first-order chi connectivity index (χ1) is 22.1. The highest BCUT2D eigenvalue weighted by atomic mass is 35.5. The van der Waals surface area contributed by atoms with Gasteiger partial charge in [0.15, 0.2) is 0 Å². The van der Waals surface area contributed by atoms with Crippen molar-refractivity contribution in [2.75, 3.05) is 59.0 Å². The molecule has 6 rings (SSSR count). The van der Waals surface area contributed by atoms with E-state index in [4.69, 9.17) is 21.4 Å². The van der Waals surface area contributed by atoms with Crippen molar-refractivity contribution in [2.45, 2.75) is 125 Å². The van der Waals surface area contributed by atoms with Crippen LogP contribution in [0, 0.1) is 11.8 Å². The number of rotatable bonds is 14. The minimum Gasteiger partial charge on any atom is -0.394 e. The summed E-state index contributed by atoms with van der Waals surface area (Å²) in [6, 6.07) is -0.0438. The van der Waals surface area contributed by atoms with Crippen molar-refractivity contribution in [1.29, 1.82) is 0 Å². The molecule has 266 valence electrons. The fraction of sp³-hybridized carbons (Fsp3) is 0.969. The quantitative estimate of drug-likeness (QED) is 0.0946. The van der Waals surface area contributed by atoms with Crippen LogP contribution in [-0.2, 0) is 9.53 Å². The Kier molecular flexibility index (Phi) is 13.7. The number of halogens is 2. The molecule has 5 unspecified atom stereocenters. The zero-order valence-electron chi connectivity index (χ0n) is 27.0. The predicted molar refractivity (Wildman–Crippen MR) is 171 cm³/mol. The Hall–Kier alpha value is -0.710. The molecule has 6 fully saturated rings. The van der Waals surface area contributed by atoms with Crippen molar-refractivity contribution in [2.24, 2.45) is 11.8 Å². The molecule has 5 aliphatic heterocycles. The van der Waals surface area contributed by atoms with E-state index in [0.717, 1.165) is 58.3 Å². The van der Waals surface area contributed by atoms with E-state index in [2.05, 4.69) is 15.5 Å². The number of ether oxygens (including phenoxy) is 1. The number of hydrogen-bond donors (Lipinski definition) is 7. The highest BCUT2D eigenvalue weighted by Crippen LogP contribution is 2.35. The van der Waals surface area contributed by atoms with Crippen LogP contribution in [0.25, 0.3) is 0 Å². The van der Waals surface area contributed by atoms with E-state index in [9.17, 15) is 25.2 Å². The third-order valence-corrected chi connectivity index (χ3v) is 11.5. The molecule has 1 saturated carbocycles. The van der Waals surface area contributed by atoms with E-state index in [1.807, 2.05) is 9.80 Å². The third kappa shape index (κ3) is 9.50. The maximum atomic E-state index is 15.3. The minimum atomic E-state index is -1.66. The lowest BCUT2D eigenvalue weighted by atomic mass is 9.82. The summed E-state index contributed by atoms with van der Waals surface area (Å²) in [6.07, 6.45) is 1.07. The second-order valence-corrected chi connectivity index (χ2v) is 15.0. The van der Waals surface area contributed by atoms with Gasteiger partial charge in [-0.3, -0.25) is 25.2 Å². The summed E-state index contributed by atoms with van der Waals surface area (Å²) in [5.74, 6) is 0.384. The molecule has 0 radical (unpaired) electrons. The third-order valence-electron chi connectivity index (χ3n) is 11.2. The van der Waals surface area contributed by atoms with Crippen LogP contribution in [0.1, 0.15) is 64.2 Å². The molecule has 2 bridgehead atoms. The first-order valence-electron chi connectivity index (χ1n) is 17.6. The Bertz CT molecular complexity index is 947. The van der Waals surface area contributed by atoms with E-state index in [1.165, 1.54) is 12.8 Å². The molecule has 6 aliphatic rings. The van der Waals surface area contributed by atoms with Crippen molar-refractivity contribution < 1.29 is 39.5 Å². The summed E-state index contributed by atoms with van der Waals surface area (Å²) >= 11 is 6.17. The van der Waals surface area contributed by atoms with E-state index in [-0.39, 0.29) is 54.6 Å². The Labute approximate surface area is 277 Å². The number of amides is 1. The number of likely N-dealkylation sites (tertiary alicyclic amines) is 1. The smallest absolute Gasteiger partial charge is 0.223 e. The molecule has 5 saturated heterocycles. The Morgan fingerprint density at radius 3 is 2.28 bits per heavy atom. The first-order valence-corrected chi connectivity index (χ1v) is 18.0. The standard InChI is InChI=1S/C32H57ClFN5O7/c33-22-14-35-32(36-15-22)37-9-7-20(8-10-37)2-1-11-46-25-6-3-21(26(34)13-25)12-29(43)39-17-23-4-5-24(39)16-38(23)18-27(41)30(44)31(45)28(42)19-40/h20-28,30-32,35-36,40-42,44-45H,1-19H2/t21?,22?,23?,24?,25?,26?,27-,28+,30+,31+,32?/m0/s1. The zero-order chi connectivity index (χ0) is 32.8. The van der Waals surface area contributed by atoms with Gasteiger partial charge in [0.1, 0.15) is 30.8 Å².